The molecule has 21 heavy (non-hydrogen) atoms. The molecule has 1 amide bonds. The lowest BCUT2D eigenvalue weighted by Gasteiger charge is -2.16. The van der Waals surface area contributed by atoms with Crippen molar-refractivity contribution in [2.24, 2.45) is 0 Å². The molecule has 1 unspecified atom stereocenters. The highest BCUT2D eigenvalue weighted by atomic mass is 32.1. The van der Waals surface area contributed by atoms with Gasteiger partial charge >= 0.3 is 6.18 Å². The Balaban J connectivity index is 2.55. The monoisotopic (exact) mass is 319 g/mol. The van der Waals surface area contributed by atoms with Crippen molar-refractivity contribution in [2.45, 2.75) is 19.1 Å². The number of nitro groups is 1. The molecule has 1 heterocycles. The molecule has 2 rings (SSSR count). The van der Waals surface area contributed by atoms with Crippen LogP contribution in [0, 0.1) is 10.1 Å². The minimum atomic E-state index is -4.91. The minimum Gasteiger partial charge on any atom is -0.350 e. The molecule has 0 aromatic heterocycles. The number of nitrogens with zero attached hydrogens (tertiary/aromatic N) is 2. The van der Waals surface area contributed by atoms with Crippen molar-refractivity contribution in [2.75, 3.05) is 4.90 Å². The van der Waals surface area contributed by atoms with E-state index in [0.717, 1.165) is 11.0 Å². The van der Waals surface area contributed by atoms with Gasteiger partial charge in [-0.2, -0.15) is 13.2 Å². The fourth-order valence-corrected chi connectivity index (χ4v) is 2.27. The smallest absolute Gasteiger partial charge is 0.350 e. The first-order valence-electron chi connectivity index (χ1n) is 5.63. The summed E-state index contributed by atoms with van der Waals surface area (Å²) in [5.41, 5.74) is -2.68. The zero-order chi connectivity index (χ0) is 15.9. The van der Waals surface area contributed by atoms with Crippen LogP contribution in [-0.4, -0.2) is 22.0 Å². The van der Waals surface area contributed by atoms with E-state index < -0.39 is 34.3 Å². The maximum absolute atomic E-state index is 12.9. The zero-order valence-corrected chi connectivity index (χ0v) is 11.3. The van der Waals surface area contributed by atoms with Crippen LogP contribution in [0.4, 0.5) is 24.5 Å². The molecule has 0 bridgehead atoms. The standard InChI is InChI=1S/C11H8F3N3O3S/c1-5-9(18)16(10(21)15-5)6-2-3-8(17(19)20)7(4-6)11(12,13)14/h2-5H,1H3,(H,15,21). The number of alkyl halides is 3. The van der Waals surface area contributed by atoms with Gasteiger partial charge in [-0.25, -0.2) is 0 Å². The third-order valence-electron chi connectivity index (χ3n) is 2.87. The van der Waals surface area contributed by atoms with E-state index in [1.165, 1.54) is 6.92 Å². The quantitative estimate of drug-likeness (QED) is 0.514. The molecule has 1 aromatic carbocycles. The molecule has 0 aliphatic carbocycles. The number of carbonyl (C=O) groups excluding carboxylic acids is 1. The molecule has 1 aliphatic rings. The molecule has 1 aromatic rings. The molecule has 10 heteroatoms. The van der Waals surface area contributed by atoms with Gasteiger partial charge in [0.2, 0.25) is 0 Å². The Morgan fingerprint density at radius 1 is 1.43 bits per heavy atom. The normalized spacial score (nSPS) is 18.9. The second-order valence-corrected chi connectivity index (χ2v) is 4.69. The number of anilines is 1. The van der Waals surface area contributed by atoms with Crippen LogP contribution >= 0.6 is 12.2 Å². The summed E-state index contributed by atoms with van der Waals surface area (Å²) in [4.78, 5) is 22.3. The van der Waals surface area contributed by atoms with Gasteiger partial charge in [0.1, 0.15) is 11.6 Å². The number of hydrogen-bond acceptors (Lipinski definition) is 4. The summed E-state index contributed by atoms with van der Waals surface area (Å²) >= 11 is 4.88. The van der Waals surface area contributed by atoms with E-state index in [1.807, 2.05) is 0 Å². The number of carbonyl (C=O) groups is 1. The van der Waals surface area contributed by atoms with E-state index in [2.05, 4.69) is 5.32 Å². The molecule has 112 valence electrons. The summed E-state index contributed by atoms with van der Waals surface area (Å²) < 4.78 is 38.7. The maximum Gasteiger partial charge on any atom is 0.423 e. The van der Waals surface area contributed by atoms with Gasteiger partial charge in [-0.05, 0) is 31.3 Å². The van der Waals surface area contributed by atoms with Crippen LogP contribution in [-0.2, 0) is 11.0 Å². The first-order chi connectivity index (χ1) is 9.62. The van der Waals surface area contributed by atoms with Crippen molar-refractivity contribution in [3.05, 3.63) is 33.9 Å². The number of halogens is 3. The fourth-order valence-electron chi connectivity index (χ4n) is 1.90. The lowest BCUT2D eigenvalue weighted by Crippen LogP contribution is -2.31. The Hall–Kier alpha value is -2.23. The Labute approximate surface area is 121 Å². The van der Waals surface area contributed by atoms with E-state index in [-0.39, 0.29) is 10.8 Å². The van der Waals surface area contributed by atoms with Crippen molar-refractivity contribution in [3.8, 4) is 0 Å². The number of benzene rings is 1. The van der Waals surface area contributed by atoms with Crippen molar-refractivity contribution >= 4 is 34.6 Å². The largest absolute Gasteiger partial charge is 0.423 e. The average molecular weight is 319 g/mol. The molecule has 1 fully saturated rings. The second kappa shape index (κ2) is 4.95. The highest BCUT2D eigenvalue weighted by Crippen LogP contribution is 2.38. The van der Waals surface area contributed by atoms with Crippen LogP contribution in [0.2, 0.25) is 0 Å². The van der Waals surface area contributed by atoms with Gasteiger partial charge in [-0.1, -0.05) is 0 Å². The molecular formula is C11H8F3N3O3S. The van der Waals surface area contributed by atoms with Crippen LogP contribution in [0.3, 0.4) is 0 Å². The number of hydrogen-bond donors (Lipinski definition) is 1. The second-order valence-electron chi connectivity index (χ2n) is 4.30. The van der Waals surface area contributed by atoms with E-state index in [0.29, 0.717) is 12.1 Å². The summed E-state index contributed by atoms with van der Waals surface area (Å²) in [5, 5.41) is 13.2. The van der Waals surface area contributed by atoms with Gasteiger partial charge in [0.15, 0.2) is 5.11 Å². The summed E-state index contributed by atoms with van der Waals surface area (Å²) in [6.45, 7) is 1.50. The molecule has 1 N–H and O–H groups in total. The predicted molar refractivity (Wildman–Crippen MR) is 70.8 cm³/mol. The molecule has 0 spiro atoms. The van der Waals surface area contributed by atoms with Crippen LogP contribution in [0.5, 0.6) is 0 Å². The SMILES string of the molecule is CC1NC(=S)N(c2ccc([N+](=O)[O-])c(C(F)(F)F)c2)C1=O. The summed E-state index contributed by atoms with van der Waals surface area (Å²) in [6.07, 6.45) is -4.91. The van der Waals surface area contributed by atoms with Crippen molar-refractivity contribution < 1.29 is 22.9 Å². The third-order valence-corrected chi connectivity index (χ3v) is 3.17. The summed E-state index contributed by atoms with van der Waals surface area (Å²) in [6, 6.07) is 1.64. The average Bonchev–Trinajstić information content (AvgIpc) is 2.61. The van der Waals surface area contributed by atoms with Crippen molar-refractivity contribution in [3.63, 3.8) is 0 Å². The van der Waals surface area contributed by atoms with E-state index in [1.54, 1.807) is 0 Å². The molecule has 1 atom stereocenters. The van der Waals surface area contributed by atoms with Gasteiger partial charge in [0, 0.05) is 6.07 Å². The number of rotatable bonds is 2. The molecule has 0 saturated carbocycles. The first-order valence-corrected chi connectivity index (χ1v) is 6.04. The lowest BCUT2D eigenvalue weighted by molar-refractivity contribution is -0.388. The Morgan fingerprint density at radius 3 is 2.48 bits per heavy atom. The van der Waals surface area contributed by atoms with E-state index in [9.17, 15) is 28.1 Å². The van der Waals surface area contributed by atoms with Gasteiger partial charge in [-0.3, -0.25) is 19.8 Å². The maximum atomic E-state index is 12.9. The van der Waals surface area contributed by atoms with Crippen LogP contribution in [0.15, 0.2) is 18.2 Å². The first kappa shape index (κ1) is 15.2. The highest BCUT2D eigenvalue weighted by molar-refractivity contribution is 7.80. The number of amides is 1. The van der Waals surface area contributed by atoms with Crippen LogP contribution in [0.1, 0.15) is 12.5 Å². The zero-order valence-electron chi connectivity index (χ0n) is 10.5. The van der Waals surface area contributed by atoms with Gasteiger partial charge < -0.3 is 5.32 Å². The highest BCUT2D eigenvalue weighted by Gasteiger charge is 2.40. The van der Waals surface area contributed by atoms with Gasteiger partial charge in [0.05, 0.1) is 10.6 Å². The van der Waals surface area contributed by atoms with E-state index >= 15 is 0 Å². The molecule has 6 nitrogen and oxygen atoms in total. The van der Waals surface area contributed by atoms with Gasteiger partial charge in [0.25, 0.3) is 11.6 Å². The number of nitrogens with one attached hydrogen (secondary N) is 1. The van der Waals surface area contributed by atoms with Gasteiger partial charge in [-0.15, -0.1) is 0 Å². The van der Waals surface area contributed by atoms with Crippen LogP contribution < -0.4 is 10.2 Å². The lowest BCUT2D eigenvalue weighted by atomic mass is 10.1. The molecule has 1 saturated heterocycles. The van der Waals surface area contributed by atoms with Crippen molar-refractivity contribution in [1.29, 1.82) is 0 Å². The fraction of sp³-hybridized carbons (Fsp3) is 0.273. The summed E-state index contributed by atoms with van der Waals surface area (Å²) in [5.74, 6) is -0.526. The molecular weight excluding hydrogens is 311 g/mol. The van der Waals surface area contributed by atoms with Crippen LogP contribution in [0.25, 0.3) is 0 Å². The third kappa shape index (κ3) is 2.66. The number of nitro benzene ring substituents is 1. The minimum absolute atomic E-state index is 0.0468. The predicted octanol–water partition coefficient (Wildman–Crippen LogP) is 2.22. The van der Waals surface area contributed by atoms with Crippen molar-refractivity contribution in [1.82, 2.24) is 5.32 Å². The topological polar surface area (TPSA) is 75.5 Å². The number of thiocarbonyl (C=S) groups is 1. The Kier molecular flexibility index (Phi) is 3.58. The summed E-state index contributed by atoms with van der Waals surface area (Å²) in [7, 11) is 0. The molecule has 0 radical (unpaired) electrons. The van der Waals surface area contributed by atoms with E-state index in [4.69, 9.17) is 12.2 Å². The Morgan fingerprint density at radius 2 is 2.05 bits per heavy atom. The molecule has 1 aliphatic heterocycles. The Bertz CT molecular complexity index is 647.